The Morgan fingerprint density at radius 2 is 0.710 bits per heavy atom. The fraction of sp³-hybridized carbons (Fsp3) is 0.200. The van der Waals surface area contributed by atoms with Crippen LogP contribution in [-0.4, -0.2) is 0 Å². The van der Waals surface area contributed by atoms with Gasteiger partial charge in [-0.25, -0.2) is 0 Å². The minimum atomic E-state index is 0.143. The molecule has 0 saturated heterocycles. The first-order chi connectivity index (χ1) is 30.2. The molecular weight excluding hydrogens is 749 g/mol. The van der Waals surface area contributed by atoms with Crippen molar-refractivity contribution in [2.45, 2.75) is 78.1 Å². The van der Waals surface area contributed by atoms with Gasteiger partial charge in [-0.05, 0) is 165 Å². The lowest BCUT2D eigenvalue weighted by Crippen LogP contribution is -2.19. The molecule has 0 unspecified atom stereocenters. The SMILES string of the molecule is CCC(C)(C)c1ccc(N(c2ccccc2)c2ccc(-c3ccc(N(c4ccccc4)c4ccc(-c5ccc6c(c5)Cc5cc(C(C)(CC)CC)ccc5-6)cc4)cc3)cc2)cc1. The van der Waals surface area contributed by atoms with Gasteiger partial charge >= 0.3 is 0 Å². The number of nitrogens with zero attached hydrogens (tertiary/aromatic N) is 2. The number of benzene rings is 8. The van der Waals surface area contributed by atoms with Crippen LogP contribution in [0.15, 0.2) is 194 Å². The largest absolute Gasteiger partial charge is 0.311 e. The van der Waals surface area contributed by atoms with Gasteiger partial charge in [-0.15, -0.1) is 0 Å². The summed E-state index contributed by atoms with van der Waals surface area (Å²) in [6.07, 6.45) is 4.40. The van der Waals surface area contributed by atoms with Crippen molar-refractivity contribution in [3.63, 3.8) is 0 Å². The first-order valence-electron chi connectivity index (χ1n) is 22.6. The Hall–Kier alpha value is -6.64. The van der Waals surface area contributed by atoms with E-state index >= 15 is 0 Å². The Labute approximate surface area is 370 Å². The number of para-hydroxylation sites is 2. The van der Waals surface area contributed by atoms with Gasteiger partial charge in [0.15, 0.2) is 0 Å². The highest BCUT2D eigenvalue weighted by Gasteiger charge is 2.26. The maximum Gasteiger partial charge on any atom is 0.0462 e. The monoisotopic (exact) mass is 806 g/mol. The van der Waals surface area contributed by atoms with E-state index in [1.807, 2.05) is 0 Å². The molecule has 0 heterocycles. The normalized spacial score (nSPS) is 12.2. The smallest absolute Gasteiger partial charge is 0.0462 e. The van der Waals surface area contributed by atoms with E-state index in [9.17, 15) is 0 Å². The highest BCUT2D eigenvalue weighted by atomic mass is 15.1. The molecule has 0 atom stereocenters. The van der Waals surface area contributed by atoms with Gasteiger partial charge in [0, 0.05) is 34.1 Å². The average Bonchev–Trinajstić information content (AvgIpc) is 3.70. The minimum Gasteiger partial charge on any atom is -0.311 e. The number of anilines is 6. The second-order valence-electron chi connectivity index (χ2n) is 18.0. The van der Waals surface area contributed by atoms with E-state index in [4.69, 9.17) is 0 Å². The summed E-state index contributed by atoms with van der Waals surface area (Å²) in [4.78, 5) is 4.69. The predicted molar refractivity (Wildman–Crippen MR) is 266 cm³/mol. The summed E-state index contributed by atoms with van der Waals surface area (Å²) in [5.74, 6) is 0. The lowest BCUT2D eigenvalue weighted by Gasteiger charge is -2.28. The van der Waals surface area contributed by atoms with Gasteiger partial charge in [-0.3, -0.25) is 0 Å². The maximum absolute atomic E-state index is 2.48. The van der Waals surface area contributed by atoms with Crippen molar-refractivity contribution in [2.24, 2.45) is 0 Å². The van der Waals surface area contributed by atoms with E-state index < -0.39 is 0 Å². The van der Waals surface area contributed by atoms with Gasteiger partial charge < -0.3 is 9.80 Å². The summed E-state index contributed by atoms with van der Waals surface area (Å²) in [5.41, 5.74) is 20.5. The summed E-state index contributed by atoms with van der Waals surface area (Å²) in [7, 11) is 0. The molecule has 0 N–H and O–H groups in total. The Morgan fingerprint density at radius 3 is 1.15 bits per heavy atom. The number of hydrogen-bond acceptors (Lipinski definition) is 2. The number of hydrogen-bond donors (Lipinski definition) is 0. The molecule has 0 spiro atoms. The van der Waals surface area contributed by atoms with Crippen LogP contribution in [0, 0.1) is 0 Å². The first-order valence-corrected chi connectivity index (χ1v) is 22.6. The molecule has 62 heavy (non-hydrogen) atoms. The van der Waals surface area contributed by atoms with Crippen LogP contribution in [0.25, 0.3) is 33.4 Å². The molecule has 0 aromatic heterocycles. The van der Waals surface area contributed by atoms with Crippen LogP contribution in [0.3, 0.4) is 0 Å². The Morgan fingerprint density at radius 1 is 0.355 bits per heavy atom. The van der Waals surface area contributed by atoms with Crippen molar-refractivity contribution in [1.29, 1.82) is 0 Å². The summed E-state index contributed by atoms with van der Waals surface area (Å²) in [6.45, 7) is 13.9. The minimum absolute atomic E-state index is 0.143. The number of rotatable bonds is 13. The van der Waals surface area contributed by atoms with Gasteiger partial charge in [-0.1, -0.05) is 163 Å². The zero-order chi connectivity index (χ0) is 42.8. The van der Waals surface area contributed by atoms with Gasteiger partial charge in [0.1, 0.15) is 0 Å². The van der Waals surface area contributed by atoms with Gasteiger partial charge in [0.2, 0.25) is 0 Å². The third-order valence-electron chi connectivity index (χ3n) is 14.0. The molecule has 0 aliphatic heterocycles. The van der Waals surface area contributed by atoms with E-state index in [1.165, 1.54) is 55.6 Å². The molecule has 2 heteroatoms. The van der Waals surface area contributed by atoms with Crippen molar-refractivity contribution >= 4 is 34.1 Å². The lowest BCUT2D eigenvalue weighted by molar-refractivity contribution is 0.438. The molecule has 0 amide bonds. The highest BCUT2D eigenvalue weighted by molar-refractivity contribution is 5.84. The van der Waals surface area contributed by atoms with E-state index in [-0.39, 0.29) is 10.8 Å². The summed E-state index contributed by atoms with van der Waals surface area (Å²) >= 11 is 0. The average molecular weight is 807 g/mol. The molecule has 2 nitrogen and oxygen atoms in total. The van der Waals surface area contributed by atoms with E-state index in [2.05, 4.69) is 245 Å². The van der Waals surface area contributed by atoms with Gasteiger partial charge in [-0.2, -0.15) is 0 Å². The van der Waals surface area contributed by atoms with Crippen LogP contribution in [0.1, 0.15) is 83.1 Å². The van der Waals surface area contributed by atoms with Crippen LogP contribution in [0.5, 0.6) is 0 Å². The topological polar surface area (TPSA) is 6.48 Å². The van der Waals surface area contributed by atoms with Crippen LogP contribution in [0.4, 0.5) is 34.1 Å². The van der Waals surface area contributed by atoms with Crippen molar-refractivity contribution in [2.75, 3.05) is 9.80 Å². The molecule has 308 valence electrons. The summed E-state index contributed by atoms with van der Waals surface area (Å²) in [5, 5.41) is 0. The third-order valence-corrected chi connectivity index (χ3v) is 14.0. The molecule has 0 saturated carbocycles. The van der Waals surface area contributed by atoms with Crippen molar-refractivity contribution < 1.29 is 0 Å². The van der Waals surface area contributed by atoms with Crippen LogP contribution in [-0.2, 0) is 17.3 Å². The van der Waals surface area contributed by atoms with Crippen LogP contribution < -0.4 is 9.80 Å². The zero-order valence-corrected chi connectivity index (χ0v) is 37.2. The van der Waals surface area contributed by atoms with E-state index in [0.29, 0.717) is 0 Å². The van der Waals surface area contributed by atoms with E-state index in [1.54, 1.807) is 0 Å². The van der Waals surface area contributed by atoms with Gasteiger partial charge in [0.05, 0.1) is 0 Å². The molecule has 1 aliphatic rings. The molecule has 1 aliphatic carbocycles. The van der Waals surface area contributed by atoms with Crippen molar-refractivity contribution in [3.05, 3.63) is 216 Å². The highest BCUT2D eigenvalue weighted by Crippen LogP contribution is 2.43. The molecule has 0 radical (unpaired) electrons. The lowest BCUT2D eigenvalue weighted by atomic mass is 9.77. The molecule has 9 rings (SSSR count). The quantitative estimate of drug-likeness (QED) is 0.114. The van der Waals surface area contributed by atoms with Gasteiger partial charge in [0.25, 0.3) is 0 Å². The molecule has 8 aromatic carbocycles. The standard InChI is InChI=1S/C60H58N2/c1-7-59(4,5)49-27-36-56(37-28-49)62(52-18-14-11-15-19-52)54-32-22-44(23-33-54)43-20-30-53(31-21-43)61(51-16-12-10-13-17-51)55-34-24-45(25-35-55)46-26-38-57-47(40-46)41-48-42-50(29-39-58(48)57)60(6,8-2)9-3/h10-40,42H,7-9,41H2,1-6H3. The first kappa shape index (κ1) is 40.7. The fourth-order valence-corrected chi connectivity index (χ4v) is 9.15. The maximum atomic E-state index is 2.48. The Bertz CT molecular complexity index is 2760. The van der Waals surface area contributed by atoms with Crippen LogP contribution >= 0.6 is 0 Å². The predicted octanol–water partition coefficient (Wildman–Crippen LogP) is 17.3. The van der Waals surface area contributed by atoms with E-state index in [0.717, 1.165) is 59.8 Å². The molecule has 0 fully saturated rings. The zero-order valence-electron chi connectivity index (χ0n) is 37.2. The van der Waals surface area contributed by atoms with Crippen LogP contribution in [0.2, 0.25) is 0 Å². The second-order valence-corrected chi connectivity index (χ2v) is 18.0. The molecule has 0 bridgehead atoms. The molecular formula is C60H58N2. The summed E-state index contributed by atoms with van der Waals surface area (Å²) in [6, 6.07) is 71.7. The fourth-order valence-electron chi connectivity index (χ4n) is 9.15. The second kappa shape index (κ2) is 17.0. The van der Waals surface area contributed by atoms with Crippen molar-refractivity contribution in [3.8, 4) is 33.4 Å². The number of fused-ring (bicyclic) bond motifs is 3. The summed E-state index contributed by atoms with van der Waals surface area (Å²) < 4.78 is 0. The van der Waals surface area contributed by atoms with Crippen molar-refractivity contribution in [1.82, 2.24) is 0 Å². The third kappa shape index (κ3) is 7.87. The Kier molecular flexibility index (Phi) is 11.2. The molecule has 8 aromatic rings. The Balaban J connectivity index is 0.960.